The zero-order valence-electron chi connectivity index (χ0n) is 12.8. The molecule has 0 saturated carbocycles. The standard InChI is InChI=1S/C13H15N7O3/c1-17-7-14-11-10(17)12(22)20(13(23)19(11)3)6-9(21)16-8-4-15-18(2)5-8/h4-5,7H,6H2,1-3H3,(H,16,21). The van der Waals surface area contributed by atoms with Crippen LogP contribution in [-0.4, -0.2) is 34.4 Å². The van der Waals surface area contributed by atoms with Gasteiger partial charge in [0, 0.05) is 27.3 Å². The van der Waals surface area contributed by atoms with Crippen molar-refractivity contribution >= 4 is 22.8 Å². The van der Waals surface area contributed by atoms with Crippen molar-refractivity contribution in [1.82, 2.24) is 28.5 Å². The first-order valence-electron chi connectivity index (χ1n) is 6.78. The number of hydrogen-bond acceptors (Lipinski definition) is 5. The molecule has 10 heteroatoms. The number of aryl methyl sites for hydroxylation is 3. The number of anilines is 1. The molecule has 3 aromatic rings. The maximum absolute atomic E-state index is 12.5. The molecule has 0 aliphatic carbocycles. The second-order valence-electron chi connectivity index (χ2n) is 5.21. The van der Waals surface area contributed by atoms with Gasteiger partial charge in [0.05, 0.1) is 18.2 Å². The van der Waals surface area contributed by atoms with Gasteiger partial charge in [0.1, 0.15) is 6.54 Å². The Bertz CT molecular complexity index is 1020. The highest BCUT2D eigenvalue weighted by atomic mass is 16.2. The van der Waals surface area contributed by atoms with Crippen molar-refractivity contribution in [3.05, 3.63) is 39.6 Å². The van der Waals surface area contributed by atoms with Gasteiger partial charge in [-0.3, -0.25) is 18.8 Å². The van der Waals surface area contributed by atoms with Crippen LogP contribution in [0, 0.1) is 0 Å². The molecule has 0 aromatic carbocycles. The first-order valence-corrected chi connectivity index (χ1v) is 6.78. The number of carbonyl (C=O) groups excluding carboxylic acids is 1. The average molecular weight is 317 g/mol. The number of nitrogens with zero attached hydrogens (tertiary/aromatic N) is 6. The Morgan fingerprint density at radius 1 is 1.26 bits per heavy atom. The van der Waals surface area contributed by atoms with Crippen molar-refractivity contribution < 1.29 is 4.79 Å². The first kappa shape index (κ1) is 14.8. The Morgan fingerprint density at radius 2 is 2.00 bits per heavy atom. The molecule has 23 heavy (non-hydrogen) atoms. The number of aromatic nitrogens is 6. The number of fused-ring (bicyclic) bond motifs is 1. The summed E-state index contributed by atoms with van der Waals surface area (Å²) in [6.45, 7) is -0.387. The highest BCUT2D eigenvalue weighted by molar-refractivity contribution is 5.90. The molecule has 10 nitrogen and oxygen atoms in total. The smallest absolute Gasteiger partial charge is 0.328 e. The van der Waals surface area contributed by atoms with Crippen LogP contribution in [0.15, 0.2) is 28.3 Å². The summed E-state index contributed by atoms with van der Waals surface area (Å²) in [7, 11) is 4.88. The van der Waals surface area contributed by atoms with E-state index in [0.717, 1.165) is 4.57 Å². The summed E-state index contributed by atoms with van der Waals surface area (Å²) < 4.78 is 5.18. The van der Waals surface area contributed by atoms with Crippen molar-refractivity contribution in [3.8, 4) is 0 Å². The maximum atomic E-state index is 12.5. The molecule has 3 rings (SSSR count). The quantitative estimate of drug-likeness (QED) is 0.653. The van der Waals surface area contributed by atoms with Crippen LogP contribution in [0.25, 0.3) is 11.2 Å². The van der Waals surface area contributed by atoms with Gasteiger partial charge in [-0.05, 0) is 0 Å². The normalized spacial score (nSPS) is 11.1. The summed E-state index contributed by atoms with van der Waals surface area (Å²) in [5.74, 6) is -0.487. The molecular weight excluding hydrogens is 302 g/mol. The van der Waals surface area contributed by atoms with Crippen LogP contribution in [0.3, 0.4) is 0 Å². The summed E-state index contributed by atoms with van der Waals surface area (Å²) in [4.78, 5) is 40.9. The Labute approximate surface area is 129 Å². The molecule has 120 valence electrons. The highest BCUT2D eigenvalue weighted by Crippen LogP contribution is 2.04. The molecule has 3 aromatic heterocycles. The Kier molecular flexibility index (Phi) is 3.36. The van der Waals surface area contributed by atoms with E-state index in [1.807, 2.05) is 0 Å². The molecule has 0 radical (unpaired) electrons. The third-order valence-electron chi connectivity index (χ3n) is 3.49. The lowest BCUT2D eigenvalue weighted by atomic mass is 10.4. The minimum atomic E-state index is -0.595. The fourth-order valence-corrected chi connectivity index (χ4v) is 2.37. The van der Waals surface area contributed by atoms with Crippen molar-refractivity contribution in [2.45, 2.75) is 6.54 Å². The minimum Gasteiger partial charge on any atom is -0.328 e. The Balaban J connectivity index is 2.00. The van der Waals surface area contributed by atoms with Gasteiger partial charge in [-0.1, -0.05) is 0 Å². The Hall–Kier alpha value is -3.17. The third kappa shape index (κ3) is 2.43. The second-order valence-corrected chi connectivity index (χ2v) is 5.21. The summed E-state index contributed by atoms with van der Waals surface area (Å²) >= 11 is 0. The van der Waals surface area contributed by atoms with Crippen LogP contribution in [0.5, 0.6) is 0 Å². The van der Waals surface area contributed by atoms with E-state index in [-0.39, 0.29) is 17.7 Å². The number of imidazole rings is 1. The number of amides is 1. The molecule has 0 unspecified atom stereocenters. The summed E-state index contributed by atoms with van der Waals surface area (Å²) in [5.41, 5.74) is -0.108. The lowest BCUT2D eigenvalue weighted by molar-refractivity contribution is -0.116. The number of carbonyl (C=O) groups is 1. The maximum Gasteiger partial charge on any atom is 0.332 e. The minimum absolute atomic E-state index is 0.265. The predicted octanol–water partition coefficient (Wildman–Crippen LogP) is -1.19. The third-order valence-corrected chi connectivity index (χ3v) is 3.49. The van der Waals surface area contributed by atoms with E-state index >= 15 is 0 Å². The molecule has 0 spiro atoms. The fourth-order valence-electron chi connectivity index (χ4n) is 2.37. The largest absolute Gasteiger partial charge is 0.332 e. The van der Waals surface area contributed by atoms with E-state index in [0.29, 0.717) is 5.69 Å². The van der Waals surface area contributed by atoms with Crippen LogP contribution in [-0.2, 0) is 32.5 Å². The van der Waals surface area contributed by atoms with E-state index in [4.69, 9.17) is 0 Å². The zero-order valence-corrected chi connectivity index (χ0v) is 12.8. The molecule has 0 saturated heterocycles. The SMILES string of the molecule is Cn1cc(NC(=O)Cn2c(=O)c3c(ncn3C)n(C)c2=O)cn1. The van der Waals surface area contributed by atoms with Gasteiger partial charge in [0.15, 0.2) is 11.2 Å². The van der Waals surface area contributed by atoms with E-state index in [1.54, 1.807) is 20.3 Å². The molecule has 1 N–H and O–H groups in total. The Morgan fingerprint density at radius 3 is 2.65 bits per heavy atom. The van der Waals surface area contributed by atoms with Crippen LogP contribution in [0.4, 0.5) is 5.69 Å². The average Bonchev–Trinajstić information content (AvgIpc) is 3.07. The van der Waals surface area contributed by atoms with Gasteiger partial charge in [-0.25, -0.2) is 14.3 Å². The second kappa shape index (κ2) is 5.23. The highest BCUT2D eigenvalue weighted by Gasteiger charge is 2.17. The lowest BCUT2D eigenvalue weighted by Crippen LogP contribution is -2.42. The van der Waals surface area contributed by atoms with Crippen LogP contribution < -0.4 is 16.6 Å². The summed E-state index contributed by atoms with van der Waals surface area (Å²) in [6.07, 6.45) is 4.54. The number of hydrogen-bond donors (Lipinski definition) is 1. The zero-order chi connectivity index (χ0) is 16.7. The number of nitrogens with one attached hydrogen (secondary N) is 1. The van der Waals surface area contributed by atoms with E-state index in [2.05, 4.69) is 15.4 Å². The van der Waals surface area contributed by atoms with Gasteiger partial charge in [-0.2, -0.15) is 5.10 Å². The van der Waals surface area contributed by atoms with Crippen LogP contribution >= 0.6 is 0 Å². The van der Waals surface area contributed by atoms with Crippen molar-refractivity contribution in [1.29, 1.82) is 0 Å². The fraction of sp³-hybridized carbons (Fsp3) is 0.308. The van der Waals surface area contributed by atoms with Gasteiger partial charge < -0.3 is 9.88 Å². The summed E-state index contributed by atoms with van der Waals surface area (Å²) in [6, 6.07) is 0. The van der Waals surface area contributed by atoms with Crippen LogP contribution in [0.2, 0.25) is 0 Å². The van der Waals surface area contributed by atoms with Gasteiger partial charge in [0.25, 0.3) is 5.56 Å². The number of rotatable bonds is 3. The van der Waals surface area contributed by atoms with Crippen molar-refractivity contribution in [3.63, 3.8) is 0 Å². The van der Waals surface area contributed by atoms with Gasteiger partial charge in [0.2, 0.25) is 5.91 Å². The van der Waals surface area contributed by atoms with Gasteiger partial charge in [-0.15, -0.1) is 0 Å². The lowest BCUT2D eigenvalue weighted by Gasteiger charge is -2.08. The topological polar surface area (TPSA) is 109 Å². The van der Waals surface area contributed by atoms with Gasteiger partial charge >= 0.3 is 5.69 Å². The molecule has 0 atom stereocenters. The molecule has 0 aliphatic rings. The first-order chi connectivity index (χ1) is 10.9. The van der Waals surface area contributed by atoms with Crippen LogP contribution in [0.1, 0.15) is 0 Å². The van der Waals surface area contributed by atoms with Crippen molar-refractivity contribution in [2.24, 2.45) is 21.1 Å². The monoisotopic (exact) mass is 317 g/mol. The molecular formula is C13H15N7O3. The molecule has 0 aliphatic heterocycles. The predicted molar refractivity (Wildman–Crippen MR) is 82.1 cm³/mol. The molecule has 3 heterocycles. The molecule has 0 bridgehead atoms. The van der Waals surface area contributed by atoms with E-state index in [9.17, 15) is 14.4 Å². The summed E-state index contributed by atoms with van der Waals surface area (Å²) in [5, 5.41) is 6.52. The van der Waals surface area contributed by atoms with E-state index < -0.39 is 17.2 Å². The van der Waals surface area contributed by atoms with Crippen molar-refractivity contribution in [2.75, 3.05) is 5.32 Å². The van der Waals surface area contributed by atoms with E-state index in [1.165, 1.54) is 33.4 Å². The molecule has 0 fully saturated rings. The molecule has 1 amide bonds.